The highest BCUT2D eigenvalue weighted by molar-refractivity contribution is 5.77. The molecule has 0 spiro atoms. The molecule has 2 aromatic rings. The van der Waals surface area contributed by atoms with Gasteiger partial charge in [-0.2, -0.15) is 0 Å². The summed E-state index contributed by atoms with van der Waals surface area (Å²) in [5.41, 5.74) is 0.631. The minimum atomic E-state index is -0.0946. The highest BCUT2D eigenvalue weighted by Gasteiger charge is 2.23. The number of hydrogen-bond acceptors (Lipinski definition) is 4. The molecule has 29 heavy (non-hydrogen) atoms. The second-order valence-corrected chi connectivity index (χ2v) is 8.28. The molecule has 4 rings (SSSR count). The number of fused-ring (bicyclic) bond motifs is 1. The fraction of sp³-hybridized carbons (Fsp3) is 0.591. The van der Waals surface area contributed by atoms with Crippen LogP contribution in [0.4, 0.5) is 4.79 Å². The third kappa shape index (κ3) is 5.15. The highest BCUT2D eigenvalue weighted by Crippen LogP contribution is 2.17. The van der Waals surface area contributed by atoms with Crippen LogP contribution in [0.3, 0.4) is 0 Å². The molecule has 1 aromatic carbocycles. The van der Waals surface area contributed by atoms with E-state index in [1.54, 1.807) is 6.07 Å². The van der Waals surface area contributed by atoms with Gasteiger partial charge in [0.1, 0.15) is 5.82 Å². The normalized spacial score (nSPS) is 19.7. The van der Waals surface area contributed by atoms with Crippen molar-refractivity contribution < 1.29 is 4.79 Å². The first-order valence-corrected chi connectivity index (χ1v) is 10.9. The summed E-state index contributed by atoms with van der Waals surface area (Å²) in [5, 5.41) is 3.87. The molecule has 7 heteroatoms. The number of nitrogens with zero attached hydrogens (tertiary/aromatic N) is 3. The lowest BCUT2D eigenvalue weighted by molar-refractivity contribution is 0.130. The molecule has 156 valence electrons. The first kappa shape index (κ1) is 19.9. The second kappa shape index (κ2) is 9.39. The molecule has 0 bridgehead atoms. The maximum atomic E-state index is 12.7. The maximum Gasteiger partial charge on any atom is 0.317 e. The van der Waals surface area contributed by atoms with Gasteiger partial charge >= 0.3 is 6.03 Å². The van der Waals surface area contributed by atoms with Crippen molar-refractivity contribution in [3.05, 3.63) is 40.4 Å². The summed E-state index contributed by atoms with van der Waals surface area (Å²) < 4.78 is 0. The van der Waals surface area contributed by atoms with Gasteiger partial charge in [0.05, 0.1) is 17.4 Å². The molecule has 1 aliphatic carbocycles. The van der Waals surface area contributed by atoms with Crippen LogP contribution in [0.2, 0.25) is 0 Å². The van der Waals surface area contributed by atoms with Crippen LogP contribution in [0.1, 0.15) is 50.8 Å². The Bertz CT molecular complexity index is 880. The predicted molar refractivity (Wildman–Crippen MR) is 114 cm³/mol. The van der Waals surface area contributed by atoms with Gasteiger partial charge in [0.2, 0.25) is 0 Å². The number of aromatic nitrogens is 2. The molecule has 0 atom stereocenters. The molecule has 2 aliphatic rings. The van der Waals surface area contributed by atoms with E-state index in [9.17, 15) is 9.59 Å². The van der Waals surface area contributed by atoms with E-state index in [0.29, 0.717) is 36.9 Å². The number of carbonyl (C=O) groups is 1. The smallest absolute Gasteiger partial charge is 0.317 e. The van der Waals surface area contributed by atoms with Crippen molar-refractivity contribution in [3.8, 4) is 0 Å². The Kier molecular flexibility index (Phi) is 6.44. The monoisotopic (exact) mass is 397 g/mol. The van der Waals surface area contributed by atoms with Gasteiger partial charge in [-0.25, -0.2) is 9.78 Å². The number of carbonyl (C=O) groups excluding carboxylic acids is 1. The zero-order chi connectivity index (χ0) is 20.1. The number of H-pyrrole nitrogens is 1. The van der Waals surface area contributed by atoms with Crippen molar-refractivity contribution in [2.75, 3.05) is 26.2 Å². The van der Waals surface area contributed by atoms with E-state index in [0.717, 1.165) is 31.4 Å². The quantitative estimate of drug-likeness (QED) is 0.834. The number of benzene rings is 1. The van der Waals surface area contributed by atoms with Crippen molar-refractivity contribution in [2.24, 2.45) is 0 Å². The fourth-order valence-electron chi connectivity index (χ4n) is 4.40. The van der Waals surface area contributed by atoms with Gasteiger partial charge in [0.25, 0.3) is 5.56 Å². The second-order valence-electron chi connectivity index (χ2n) is 8.28. The number of para-hydroxylation sites is 1. The summed E-state index contributed by atoms with van der Waals surface area (Å²) in [6, 6.07) is 7.80. The average Bonchev–Trinajstić information content (AvgIpc) is 2.70. The van der Waals surface area contributed by atoms with E-state index in [-0.39, 0.29) is 11.6 Å². The van der Waals surface area contributed by atoms with Crippen molar-refractivity contribution in [2.45, 2.75) is 57.5 Å². The third-order valence-electron chi connectivity index (χ3n) is 6.13. The fourth-order valence-corrected chi connectivity index (χ4v) is 4.40. The molecule has 1 aliphatic heterocycles. The summed E-state index contributed by atoms with van der Waals surface area (Å²) in [5.74, 6) is 0.682. The van der Waals surface area contributed by atoms with Gasteiger partial charge in [-0.1, -0.05) is 44.2 Å². The molecule has 1 aromatic heterocycles. The van der Waals surface area contributed by atoms with E-state index in [1.807, 2.05) is 23.1 Å². The molecule has 2 amide bonds. The summed E-state index contributed by atoms with van der Waals surface area (Å²) >= 11 is 0. The minimum absolute atomic E-state index is 0.0764. The number of aromatic amines is 1. The number of urea groups is 1. The molecule has 0 unspecified atom stereocenters. The van der Waals surface area contributed by atoms with E-state index in [1.165, 1.54) is 32.1 Å². The maximum absolute atomic E-state index is 12.7. The van der Waals surface area contributed by atoms with E-state index in [4.69, 9.17) is 0 Å². The summed E-state index contributed by atoms with van der Waals surface area (Å²) in [4.78, 5) is 36.5. The first-order chi connectivity index (χ1) is 14.2. The van der Waals surface area contributed by atoms with Crippen molar-refractivity contribution in [3.63, 3.8) is 0 Å². The van der Waals surface area contributed by atoms with Gasteiger partial charge < -0.3 is 15.2 Å². The molecule has 2 fully saturated rings. The zero-order valence-electron chi connectivity index (χ0n) is 17.0. The number of hydrogen-bond donors (Lipinski definition) is 2. The van der Waals surface area contributed by atoms with Crippen LogP contribution in [-0.4, -0.2) is 58.0 Å². The summed E-state index contributed by atoms with van der Waals surface area (Å²) in [7, 11) is 0. The Morgan fingerprint density at radius 2 is 1.72 bits per heavy atom. The summed E-state index contributed by atoms with van der Waals surface area (Å²) in [6.07, 6.45) is 8.55. The minimum Gasteiger partial charge on any atom is -0.335 e. The lowest BCUT2D eigenvalue weighted by atomic mass is 9.97. The lowest BCUT2D eigenvalue weighted by Gasteiger charge is -2.35. The highest BCUT2D eigenvalue weighted by atomic mass is 16.2. The molecule has 2 N–H and O–H groups in total. The largest absolute Gasteiger partial charge is 0.335 e. The SMILES string of the molecule is O=C(NC1CCCCCCC1)N1CCN(Cc2nc3ccccc3c(=O)[nH]2)CC1. The molecule has 1 saturated heterocycles. The van der Waals surface area contributed by atoms with E-state index >= 15 is 0 Å². The zero-order valence-corrected chi connectivity index (χ0v) is 17.0. The average molecular weight is 398 g/mol. The number of nitrogens with one attached hydrogen (secondary N) is 2. The van der Waals surface area contributed by atoms with Crippen LogP contribution < -0.4 is 10.9 Å². The third-order valence-corrected chi connectivity index (χ3v) is 6.13. The van der Waals surface area contributed by atoms with Gasteiger partial charge in [0.15, 0.2) is 0 Å². The van der Waals surface area contributed by atoms with Crippen LogP contribution in [0.15, 0.2) is 29.1 Å². The van der Waals surface area contributed by atoms with Gasteiger partial charge in [-0.15, -0.1) is 0 Å². The predicted octanol–water partition coefficient (Wildman–Crippen LogP) is 2.86. The molecule has 7 nitrogen and oxygen atoms in total. The molecule has 2 heterocycles. The first-order valence-electron chi connectivity index (χ1n) is 10.9. The number of rotatable bonds is 3. The number of piperazine rings is 1. The van der Waals surface area contributed by atoms with E-state index in [2.05, 4.69) is 20.2 Å². The standard InChI is InChI=1S/C22H31N5O2/c28-21-18-10-6-7-11-19(18)24-20(25-21)16-26-12-14-27(15-13-26)22(29)23-17-8-4-2-1-3-5-9-17/h6-7,10-11,17H,1-5,8-9,12-16H2,(H,23,29)(H,24,25,28). The summed E-state index contributed by atoms with van der Waals surface area (Å²) in [6.45, 7) is 3.58. The Labute approximate surface area is 171 Å². The van der Waals surface area contributed by atoms with Gasteiger partial charge in [-0.3, -0.25) is 9.69 Å². The van der Waals surface area contributed by atoms with Gasteiger partial charge in [-0.05, 0) is 25.0 Å². The molecule has 0 radical (unpaired) electrons. The van der Waals surface area contributed by atoms with E-state index < -0.39 is 0 Å². The lowest BCUT2D eigenvalue weighted by Crippen LogP contribution is -2.53. The van der Waals surface area contributed by atoms with Gasteiger partial charge in [0, 0.05) is 32.2 Å². The Morgan fingerprint density at radius 1 is 1.03 bits per heavy atom. The number of amides is 2. The van der Waals surface area contributed by atoms with Crippen molar-refractivity contribution in [1.29, 1.82) is 0 Å². The van der Waals surface area contributed by atoms with Crippen LogP contribution in [0, 0.1) is 0 Å². The Balaban J connectivity index is 1.29. The Hall–Kier alpha value is -2.41. The Morgan fingerprint density at radius 3 is 2.48 bits per heavy atom. The van der Waals surface area contributed by atoms with Crippen LogP contribution in [0.25, 0.3) is 10.9 Å². The van der Waals surface area contributed by atoms with Crippen LogP contribution >= 0.6 is 0 Å². The molecular weight excluding hydrogens is 366 g/mol. The van der Waals surface area contributed by atoms with Crippen LogP contribution in [0.5, 0.6) is 0 Å². The molecular formula is C22H31N5O2. The van der Waals surface area contributed by atoms with Crippen molar-refractivity contribution in [1.82, 2.24) is 25.1 Å². The van der Waals surface area contributed by atoms with Crippen LogP contribution in [-0.2, 0) is 6.54 Å². The molecule has 1 saturated carbocycles. The van der Waals surface area contributed by atoms with Crippen molar-refractivity contribution >= 4 is 16.9 Å². The topological polar surface area (TPSA) is 81.3 Å².